The van der Waals surface area contributed by atoms with Crippen molar-refractivity contribution in [3.05, 3.63) is 54.3 Å². The van der Waals surface area contributed by atoms with Crippen molar-refractivity contribution in [2.45, 2.75) is 16.4 Å². The molecule has 0 atom stereocenters. The second-order valence-electron chi connectivity index (χ2n) is 4.79. The van der Waals surface area contributed by atoms with E-state index in [9.17, 15) is 9.59 Å². The van der Waals surface area contributed by atoms with Crippen LogP contribution in [0.5, 0.6) is 5.75 Å². The Morgan fingerprint density at radius 1 is 1.33 bits per heavy atom. The van der Waals surface area contributed by atoms with Crippen LogP contribution in [0.25, 0.3) is 0 Å². The molecule has 0 unspecified atom stereocenters. The zero-order valence-electron chi connectivity index (χ0n) is 12.7. The van der Waals surface area contributed by atoms with Gasteiger partial charge in [-0.3, -0.25) is 14.7 Å². The molecular formula is C16H13N3O4S. The van der Waals surface area contributed by atoms with Crippen LogP contribution in [0.4, 0.5) is 0 Å². The van der Waals surface area contributed by atoms with Crippen molar-refractivity contribution in [1.29, 1.82) is 0 Å². The maximum absolute atomic E-state index is 12.0. The molecule has 24 heavy (non-hydrogen) atoms. The van der Waals surface area contributed by atoms with Gasteiger partial charge >= 0.3 is 0 Å². The van der Waals surface area contributed by atoms with E-state index in [1.807, 2.05) is 24.3 Å². The van der Waals surface area contributed by atoms with Crippen molar-refractivity contribution in [3.63, 3.8) is 0 Å². The molecule has 1 N–H and O–H groups in total. The molecule has 0 aliphatic heterocycles. The summed E-state index contributed by atoms with van der Waals surface area (Å²) in [5.74, 6) is -0.613. The molecule has 0 aliphatic rings. The van der Waals surface area contributed by atoms with Gasteiger partial charge in [0.25, 0.3) is 5.78 Å². The molecule has 0 amide bonds. The van der Waals surface area contributed by atoms with Gasteiger partial charge in [0.1, 0.15) is 12.1 Å². The number of benzene rings is 1. The Morgan fingerprint density at radius 2 is 2.17 bits per heavy atom. The van der Waals surface area contributed by atoms with E-state index in [-0.39, 0.29) is 12.2 Å². The van der Waals surface area contributed by atoms with Crippen LogP contribution in [0.3, 0.4) is 0 Å². The molecule has 0 aliphatic carbocycles. The summed E-state index contributed by atoms with van der Waals surface area (Å²) in [6.07, 6.45) is 2.58. The van der Waals surface area contributed by atoms with Gasteiger partial charge in [-0.25, -0.2) is 4.98 Å². The van der Waals surface area contributed by atoms with E-state index in [0.29, 0.717) is 10.7 Å². The lowest BCUT2D eigenvalue weighted by molar-refractivity contribution is -0.114. The Kier molecular flexibility index (Phi) is 4.76. The van der Waals surface area contributed by atoms with E-state index in [1.165, 1.54) is 24.4 Å². The number of hydrogen-bond donors (Lipinski definition) is 1. The maximum Gasteiger partial charge on any atom is 0.265 e. The number of nitrogens with zero attached hydrogens (tertiary/aromatic N) is 2. The number of para-hydroxylation sites is 1. The number of rotatable bonds is 7. The van der Waals surface area contributed by atoms with Gasteiger partial charge < -0.3 is 9.15 Å². The Labute approximate surface area is 141 Å². The number of furan rings is 1. The summed E-state index contributed by atoms with van der Waals surface area (Å²) in [6.45, 7) is 0. The highest BCUT2D eigenvalue weighted by molar-refractivity contribution is 7.99. The van der Waals surface area contributed by atoms with Gasteiger partial charge in [0.05, 0.1) is 18.3 Å². The highest BCUT2D eigenvalue weighted by atomic mass is 32.2. The third kappa shape index (κ3) is 3.54. The summed E-state index contributed by atoms with van der Waals surface area (Å²) in [7, 11) is 1.60. The van der Waals surface area contributed by atoms with Gasteiger partial charge in [-0.1, -0.05) is 12.1 Å². The first kappa shape index (κ1) is 16.0. The fourth-order valence-electron chi connectivity index (χ4n) is 2.02. The van der Waals surface area contributed by atoms with Gasteiger partial charge in [0.2, 0.25) is 5.78 Å². The predicted octanol–water partition coefficient (Wildman–Crippen LogP) is 2.55. The summed E-state index contributed by atoms with van der Waals surface area (Å²) < 4.78 is 10.7. The molecule has 0 fully saturated rings. The third-order valence-electron chi connectivity index (χ3n) is 3.16. The average Bonchev–Trinajstić information content (AvgIpc) is 3.27. The lowest BCUT2D eigenvalue weighted by atomic mass is 10.1. The number of ketones is 2. The fraction of sp³-hybridized carbons (Fsp3) is 0.125. The summed E-state index contributed by atoms with van der Waals surface area (Å²) in [5, 5.41) is 6.54. The van der Waals surface area contributed by atoms with Gasteiger partial charge in [0, 0.05) is 6.42 Å². The van der Waals surface area contributed by atoms with E-state index in [4.69, 9.17) is 9.15 Å². The zero-order valence-corrected chi connectivity index (χ0v) is 13.5. The molecule has 1 aromatic carbocycles. The second-order valence-corrected chi connectivity index (χ2v) is 5.84. The zero-order chi connectivity index (χ0) is 16.9. The van der Waals surface area contributed by atoms with Gasteiger partial charge in [-0.2, -0.15) is 5.10 Å². The average molecular weight is 343 g/mol. The van der Waals surface area contributed by atoms with Gasteiger partial charge in [-0.05, 0) is 35.5 Å². The quantitative estimate of drug-likeness (QED) is 0.520. The largest absolute Gasteiger partial charge is 0.496 e. The van der Waals surface area contributed by atoms with Crippen LogP contribution in [-0.2, 0) is 11.2 Å². The molecule has 0 radical (unpaired) electrons. The van der Waals surface area contributed by atoms with Crippen LogP contribution in [-0.4, -0.2) is 33.9 Å². The number of Topliss-reactive ketones (excluding diaryl/α,β-unsaturated/α-hetero) is 2. The number of nitrogens with one attached hydrogen (secondary N) is 1. The minimum atomic E-state index is -0.701. The molecule has 2 heterocycles. The van der Waals surface area contributed by atoms with Crippen LogP contribution in [0.2, 0.25) is 0 Å². The van der Waals surface area contributed by atoms with Crippen molar-refractivity contribution in [1.82, 2.24) is 15.2 Å². The monoisotopic (exact) mass is 343 g/mol. The Hall–Kier alpha value is -2.87. The van der Waals surface area contributed by atoms with Crippen molar-refractivity contribution in [2.24, 2.45) is 0 Å². The molecule has 2 aromatic heterocycles. The SMILES string of the molecule is COc1ccccc1Sc1cc(CC(=O)C(=O)c2ncn[nH]2)co1. The van der Waals surface area contributed by atoms with E-state index in [0.717, 1.165) is 10.6 Å². The van der Waals surface area contributed by atoms with Crippen LogP contribution in [0, 0.1) is 0 Å². The van der Waals surface area contributed by atoms with Crippen LogP contribution >= 0.6 is 11.8 Å². The molecule has 3 aromatic rings. The molecule has 122 valence electrons. The lowest BCUT2D eigenvalue weighted by Crippen LogP contribution is -2.17. The summed E-state index contributed by atoms with van der Waals surface area (Å²) in [6, 6.07) is 9.26. The Bertz CT molecular complexity index is 858. The first-order chi connectivity index (χ1) is 11.7. The van der Waals surface area contributed by atoms with Crippen molar-refractivity contribution in [2.75, 3.05) is 7.11 Å². The smallest absolute Gasteiger partial charge is 0.265 e. The molecule has 0 bridgehead atoms. The van der Waals surface area contributed by atoms with Crippen molar-refractivity contribution in [3.8, 4) is 5.75 Å². The Balaban J connectivity index is 1.67. The molecule has 0 spiro atoms. The van der Waals surface area contributed by atoms with Crippen LogP contribution in [0.1, 0.15) is 16.2 Å². The summed E-state index contributed by atoms with van der Waals surface area (Å²) >= 11 is 1.38. The number of methoxy groups -OCH3 is 1. The van der Waals surface area contributed by atoms with E-state index < -0.39 is 11.6 Å². The van der Waals surface area contributed by atoms with Gasteiger partial charge in [0.15, 0.2) is 10.9 Å². The van der Waals surface area contributed by atoms with Crippen LogP contribution < -0.4 is 4.74 Å². The van der Waals surface area contributed by atoms with Gasteiger partial charge in [-0.15, -0.1) is 0 Å². The highest BCUT2D eigenvalue weighted by Gasteiger charge is 2.20. The highest BCUT2D eigenvalue weighted by Crippen LogP contribution is 2.35. The van der Waals surface area contributed by atoms with E-state index >= 15 is 0 Å². The number of H-pyrrole nitrogens is 1. The number of carbonyl (C=O) groups excluding carboxylic acids is 2. The molecule has 3 rings (SSSR count). The number of carbonyl (C=O) groups is 2. The predicted molar refractivity (Wildman–Crippen MR) is 85.2 cm³/mol. The minimum absolute atomic E-state index is 0.0600. The normalized spacial score (nSPS) is 10.5. The van der Waals surface area contributed by atoms with Crippen LogP contribution in [0.15, 0.2) is 57.3 Å². The molecule has 8 heteroatoms. The van der Waals surface area contributed by atoms with Crippen molar-refractivity contribution < 1.29 is 18.7 Å². The fourth-order valence-corrected chi connectivity index (χ4v) is 2.95. The number of aromatic nitrogens is 3. The summed E-state index contributed by atoms with van der Waals surface area (Å²) in [4.78, 5) is 28.4. The molecule has 0 saturated heterocycles. The Morgan fingerprint density at radius 3 is 2.92 bits per heavy atom. The first-order valence-electron chi connectivity index (χ1n) is 6.98. The number of aromatic amines is 1. The molecular weight excluding hydrogens is 330 g/mol. The second kappa shape index (κ2) is 7.14. The topological polar surface area (TPSA) is 98.1 Å². The minimum Gasteiger partial charge on any atom is -0.496 e. The summed E-state index contributed by atoms with van der Waals surface area (Å²) in [5.41, 5.74) is 0.616. The number of ether oxygens (including phenoxy) is 1. The molecule has 0 saturated carbocycles. The maximum atomic E-state index is 12.0. The lowest BCUT2D eigenvalue weighted by Gasteiger charge is -2.05. The number of hydrogen-bond acceptors (Lipinski definition) is 7. The van der Waals surface area contributed by atoms with Crippen molar-refractivity contribution >= 4 is 23.3 Å². The van der Waals surface area contributed by atoms with E-state index in [2.05, 4.69) is 15.2 Å². The third-order valence-corrected chi connectivity index (χ3v) is 4.13. The first-order valence-corrected chi connectivity index (χ1v) is 7.80. The standard InChI is InChI=1S/C16H13N3O4S/c1-22-12-4-2-3-5-13(12)24-14-7-10(8-23-14)6-11(20)15(21)16-17-9-18-19-16/h2-5,7-9H,6H2,1H3,(H,17,18,19). The molecule has 7 nitrogen and oxygen atoms in total. The van der Waals surface area contributed by atoms with E-state index in [1.54, 1.807) is 13.2 Å².